The molecule has 0 atom stereocenters. The molecule has 1 fully saturated rings. The highest BCUT2D eigenvalue weighted by Crippen LogP contribution is 2.34. The zero-order chi connectivity index (χ0) is 21.6. The lowest BCUT2D eigenvalue weighted by Crippen LogP contribution is -2.37. The van der Waals surface area contributed by atoms with Crippen molar-refractivity contribution in [3.05, 3.63) is 47.5 Å². The number of rotatable bonds is 8. The minimum atomic E-state index is 0.0816. The Morgan fingerprint density at radius 2 is 2.00 bits per heavy atom. The SMILES string of the molecule is COc1ccc2c(N(F)c3cccc(Cl)c3)nc(OCCCN3CCOCC3)nc2c1. The number of morpholine rings is 1. The summed E-state index contributed by atoms with van der Waals surface area (Å²) in [6.45, 7) is 4.69. The molecule has 0 radical (unpaired) electrons. The lowest BCUT2D eigenvalue weighted by molar-refractivity contribution is 0.0356. The van der Waals surface area contributed by atoms with Gasteiger partial charge in [0.1, 0.15) is 5.75 Å². The molecule has 4 rings (SSSR count). The summed E-state index contributed by atoms with van der Waals surface area (Å²) in [6.07, 6.45) is 0.808. The monoisotopic (exact) mass is 446 g/mol. The maximum Gasteiger partial charge on any atom is 0.319 e. The summed E-state index contributed by atoms with van der Waals surface area (Å²) < 4.78 is 31.8. The Labute approximate surface area is 185 Å². The summed E-state index contributed by atoms with van der Waals surface area (Å²) in [7, 11) is 1.57. The van der Waals surface area contributed by atoms with Crippen molar-refractivity contribution in [2.24, 2.45) is 0 Å². The van der Waals surface area contributed by atoms with Crippen molar-refractivity contribution in [1.82, 2.24) is 14.9 Å². The molecule has 1 saturated heterocycles. The van der Waals surface area contributed by atoms with E-state index in [-0.39, 0.29) is 17.5 Å². The van der Waals surface area contributed by atoms with E-state index in [9.17, 15) is 0 Å². The predicted molar refractivity (Wildman–Crippen MR) is 118 cm³/mol. The lowest BCUT2D eigenvalue weighted by Gasteiger charge is -2.26. The highest BCUT2D eigenvalue weighted by Gasteiger charge is 2.18. The molecule has 2 heterocycles. The van der Waals surface area contributed by atoms with Crippen LogP contribution in [0, 0.1) is 0 Å². The summed E-state index contributed by atoms with van der Waals surface area (Å²) in [5.74, 6) is 0.696. The van der Waals surface area contributed by atoms with E-state index in [1.807, 2.05) is 0 Å². The number of nitrogens with zero attached hydrogens (tertiary/aromatic N) is 4. The fraction of sp³-hybridized carbons (Fsp3) is 0.364. The van der Waals surface area contributed by atoms with Crippen LogP contribution in [0.15, 0.2) is 42.5 Å². The van der Waals surface area contributed by atoms with Crippen molar-refractivity contribution < 1.29 is 18.7 Å². The largest absolute Gasteiger partial charge is 0.497 e. The molecule has 2 aromatic carbocycles. The van der Waals surface area contributed by atoms with Crippen LogP contribution in [0.1, 0.15) is 6.42 Å². The molecule has 0 amide bonds. The first-order valence-electron chi connectivity index (χ1n) is 10.1. The van der Waals surface area contributed by atoms with Gasteiger partial charge in [-0.2, -0.15) is 15.1 Å². The van der Waals surface area contributed by atoms with Crippen molar-refractivity contribution in [2.45, 2.75) is 6.42 Å². The molecular formula is C22H24ClFN4O3. The van der Waals surface area contributed by atoms with Crippen LogP contribution >= 0.6 is 11.6 Å². The molecule has 3 aromatic rings. The molecule has 0 saturated carbocycles. The van der Waals surface area contributed by atoms with E-state index < -0.39 is 0 Å². The maximum atomic E-state index is 15.4. The van der Waals surface area contributed by atoms with Gasteiger partial charge in [-0.15, -0.1) is 0 Å². The van der Waals surface area contributed by atoms with Crippen LogP contribution in [-0.2, 0) is 4.74 Å². The first-order chi connectivity index (χ1) is 15.1. The van der Waals surface area contributed by atoms with Gasteiger partial charge in [-0.05, 0) is 36.8 Å². The van der Waals surface area contributed by atoms with E-state index in [2.05, 4.69) is 14.9 Å². The molecule has 0 N–H and O–H groups in total. The fourth-order valence-corrected chi connectivity index (χ4v) is 3.59. The molecule has 1 aliphatic heterocycles. The molecule has 0 aliphatic carbocycles. The number of hydrogen-bond donors (Lipinski definition) is 0. The summed E-state index contributed by atoms with van der Waals surface area (Å²) in [5.41, 5.74) is 0.791. The van der Waals surface area contributed by atoms with Gasteiger partial charge in [-0.3, -0.25) is 4.90 Å². The van der Waals surface area contributed by atoms with Gasteiger partial charge >= 0.3 is 6.01 Å². The molecule has 0 bridgehead atoms. The molecule has 1 aromatic heterocycles. The standard InChI is InChI=1S/C22H24ClFN4O3/c1-29-18-6-7-19-20(15-18)25-22(31-11-3-8-27-9-12-30-13-10-27)26-21(19)28(24)17-5-2-4-16(23)14-17/h2,4-7,14-15H,3,8-13H2,1H3. The molecular weight excluding hydrogens is 423 g/mol. The van der Waals surface area contributed by atoms with Crippen LogP contribution in [0.4, 0.5) is 16.0 Å². The number of halogens is 2. The quantitative estimate of drug-likeness (QED) is 0.375. The topological polar surface area (TPSA) is 60.0 Å². The fourth-order valence-electron chi connectivity index (χ4n) is 3.41. The number of hydrogen-bond acceptors (Lipinski definition) is 7. The minimum absolute atomic E-state index is 0.0816. The highest BCUT2D eigenvalue weighted by molar-refractivity contribution is 6.30. The second-order valence-corrected chi connectivity index (χ2v) is 7.57. The van der Waals surface area contributed by atoms with Gasteiger partial charge in [0, 0.05) is 36.1 Å². The van der Waals surface area contributed by atoms with Crippen molar-refractivity contribution in [2.75, 3.05) is 51.7 Å². The Hall–Kier alpha value is -2.68. The number of ether oxygens (including phenoxy) is 3. The second-order valence-electron chi connectivity index (χ2n) is 7.13. The third kappa shape index (κ3) is 5.33. The molecule has 0 spiro atoms. The van der Waals surface area contributed by atoms with Crippen molar-refractivity contribution in [1.29, 1.82) is 0 Å². The molecule has 7 nitrogen and oxygen atoms in total. The number of benzene rings is 2. The Bertz CT molecular complexity index is 1030. The van der Waals surface area contributed by atoms with Gasteiger partial charge in [0.2, 0.25) is 0 Å². The Morgan fingerprint density at radius 1 is 1.16 bits per heavy atom. The van der Waals surface area contributed by atoms with Crippen molar-refractivity contribution >= 4 is 34.0 Å². The second kappa shape index (κ2) is 10.1. The number of anilines is 2. The first-order valence-corrected chi connectivity index (χ1v) is 10.5. The summed E-state index contributed by atoms with van der Waals surface area (Å²) in [4.78, 5) is 11.1. The zero-order valence-corrected chi connectivity index (χ0v) is 18.0. The van der Waals surface area contributed by atoms with Gasteiger partial charge in [0.25, 0.3) is 0 Å². The molecule has 1 aliphatic rings. The maximum absolute atomic E-state index is 15.4. The van der Waals surface area contributed by atoms with Crippen LogP contribution < -0.4 is 14.6 Å². The average molecular weight is 447 g/mol. The van der Waals surface area contributed by atoms with E-state index >= 15 is 4.48 Å². The smallest absolute Gasteiger partial charge is 0.319 e. The Balaban J connectivity index is 1.56. The average Bonchev–Trinajstić information content (AvgIpc) is 2.81. The molecule has 0 unspecified atom stereocenters. The zero-order valence-electron chi connectivity index (χ0n) is 17.3. The Kier molecular flexibility index (Phi) is 7.01. The molecule has 31 heavy (non-hydrogen) atoms. The van der Waals surface area contributed by atoms with Gasteiger partial charge in [0.15, 0.2) is 5.82 Å². The van der Waals surface area contributed by atoms with Crippen LogP contribution in [-0.4, -0.2) is 61.4 Å². The lowest BCUT2D eigenvalue weighted by atomic mass is 10.2. The van der Waals surface area contributed by atoms with Crippen LogP contribution in [0.2, 0.25) is 5.02 Å². The van der Waals surface area contributed by atoms with E-state index in [0.717, 1.165) is 39.3 Å². The van der Waals surface area contributed by atoms with Gasteiger partial charge in [-0.1, -0.05) is 22.1 Å². The first kappa shape index (κ1) is 21.5. The highest BCUT2D eigenvalue weighted by atomic mass is 35.5. The normalized spacial score (nSPS) is 14.5. The van der Waals surface area contributed by atoms with Crippen molar-refractivity contribution in [3.63, 3.8) is 0 Å². The van der Waals surface area contributed by atoms with Gasteiger partial charge in [-0.25, -0.2) is 0 Å². The van der Waals surface area contributed by atoms with Crippen LogP contribution in [0.5, 0.6) is 11.8 Å². The number of methoxy groups -OCH3 is 1. The summed E-state index contributed by atoms with van der Waals surface area (Å²) in [5, 5.41) is 1.45. The summed E-state index contributed by atoms with van der Waals surface area (Å²) in [6, 6.07) is 11.8. The summed E-state index contributed by atoms with van der Waals surface area (Å²) >= 11 is 6.03. The third-order valence-corrected chi connectivity index (χ3v) is 5.27. The Morgan fingerprint density at radius 3 is 2.77 bits per heavy atom. The van der Waals surface area contributed by atoms with Crippen molar-refractivity contribution in [3.8, 4) is 11.8 Å². The van der Waals surface area contributed by atoms with E-state index in [4.69, 9.17) is 25.8 Å². The third-order valence-electron chi connectivity index (χ3n) is 5.04. The van der Waals surface area contributed by atoms with Crippen LogP contribution in [0.25, 0.3) is 10.9 Å². The minimum Gasteiger partial charge on any atom is -0.497 e. The number of aromatic nitrogens is 2. The van der Waals surface area contributed by atoms with Crippen LogP contribution in [0.3, 0.4) is 0 Å². The molecule has 9 heteroatoms. The number of fused-ring (bicyclic) bond motifs is 1. The van der Waals surface area contributed by atoms with Gasteiger partial charge in [0.05, 0.1) is 38.1 Å². The van der Waals surface area contributed by atoms with Gasteiger partial charge < -0.3 is 14.2 Å². The van der Waals surface area contributed by atoms with E-state index in [1.165, 1.54) is 6.07 Å². The van der Waals surface area contributed by atoms with E-state index in [1.54, 1.807) is 43.5 Å². The van der Waals surface area contributed by atoms with E-state index in [0.29, 0.717) is 33.4 Å². The molecule has 164 valence electrons. The predicted octanol–water partition coefficient (Wildman–Crippen LogP) is 4.42.